The van der Waals surface area contributed by atoms with Gasteiger partial charge >= 0.3 is 0 Å². The number of carbonyl (C=O) groups is 1. The summed E-state index contributed by atoms with van der Waals surface area (Å²) in [6.45, 7) is 4.55. The summed E-state index contributed by atoms with van der Waals surface area (Å²) in [5, 5.41) is 16.1. The molecule has 0 bridgehead atoms. The molecule has 3 N–H and O–H groups in total. The van der Waals surface area contributed by atoms with E-state index in [1.165, 1.54) is 5.56 Å². The van der Waals surface area contributed by atoms with Crippen molar-refractivity contribution in [2.75, 3.05) is 11.9 Å². The van der Waals surface area contributed by atoms with E-state index in [1.807, 2.05) is 62.4 Å². The molecule has 1 amide bonds. The van der Waals surface area contributed by atoms with Crippen LogP contribution >= 0.6 is 0 Å². The molecule has 0 fully saturated rings. The molecule has 0 aliphatic rings. The van der Waals surface area contributed by atoms with Gasteiger partial charge in [-0.1, -0.05) is 48.5 Å². The van der Waals surface area contributed by atoms with E-state index in [9.17, 15) is 9.90 Å². The Morgan fingerprint density at radius 3 is 2.20 bits per heavy atom. The molecule has 2 aromatic carbocycles. The van der Waals surface area contributed by atoms with E-state index >= 15 is 0 Å². The number of hydrogen-bond donors (Lipinski definition) is 3. The second-order valence-electron chi connectivity index (χ2n) is 6.62. The Bertz CT molecular complexity index is 629. The molecule has 3 unspecified atom stereocenters. The maximum atomic E-state index is 12.1. The van der Waals surface area contributed by atoms with Crippen molar-refractivity contribution < 1.29 is 9.90 Å². The van der Waals surface area contributed by atoms with Gasteiger partial charge in [-0.05, 0) is 43.9 Å². The second kappa shape index (κ2) is 9.97. The van der Waals surface area contributed by atoms with E-state index in [-0.39, 0.29) is 24.0 Å². The fourth-order valence-corrected chi connectivity index (χ4v) is 2.90. The van der Waals surface area contributed by atoms with Crippen molar-refractivity contribution in [3.8, 4) is 0 Å². The Morgan fingerprint density at radius 2 is 1.60 bits per heavy atom. The SMILES string of the molecule is CC(O)CC(CNC(C)CC(=O)Nc1ccccc1)c1ccccc1. The van der Waals surface area contributed by atoms with Crippen LogP contribution in [0.5, 0.6) is 0 Å². The van der Waals surface area contributed by atoms with E-state index in [4.69, 9.17) is 0 Å². The third-order valence-electron chi connectivity index (χ3n) is 4.16. The number of carbonyl (C=O) groups excluding carboxylic acids is 1. The number of rotatable bonds is 9. The third kappa shape index (κ3) is 7.08. The largest absolute Gasteiger partial charge is 0.393 e. The first-order valence-electron chi connectivity index (χ1n) is 8.86. The maximum Gasteiger partial charge on any atom is 0.225 e. The topological polar surface area (TPSA) is 61.4 Å². The number of nitrogens with one attached hydrogen (secondary N) is 2. The molecule has 0 aliphatic heterocycles. The smallest absolute Gasteiger partial charge is 0.225 e. The van der Waals surface area contributed by atoms with Crippen molar-refractivity contribution in [2.45, 2.75) is 44.8 Å². The van der Waals surface area contributed by atoms with Gasteiger partial charge in [0.25, 0.3) is 0 Å². The van der Waals surface area contributed by atoms with Crippen LogP contribution in [0.4, 0.5) is 5.69 Å². The van der Waals surface area contributed by atoms with E-state index in [1.54, 1.807) is 0 Å². The first-order chi connectivity index (χ1) is 12.0. The first kappa shape index (κ1) is 19.2. The molecule has 134 valence electrons. The lowest BCUT2D eigenvalue weighted by Gasteiger charge is -2.22. The van der Waals surface area contributed by atoms with E-state index in [2.05, 4.69) is 22.8 Å². The summed E-state index contributed by atoms with van der Waals surface area (Å²) >= 11 is 0. The van der Waals surface area contributed by atoms with Crippen molar-refractivity contribution in [3.05, 3.63) is 66.2 Å². The third-order valence-corrected chi connectivity index (χ3v) is 4.16. The van der Waals surface area contributed by atoms with Crippen LogP contribution in [0.3, 0.4) is 0 Å². The molecule has 4 nitrogen and oxygen atoms in total. The zero-order valence-corrected chi connectivity index (χ0v) is 15.0. The van der Waals surface area contributed by atoms with E-state index < -0.39 is 0 Å². The second-order valence-corrected chi connectivity index (χ2v) is 6.62. The van der Waals surface area contributed by atoms with Gasteiger partial charge in [0, 0.05) is 24.7 Å². The Kier molecular flexibility index (Phi) is 7.64. The normalized spacial score (nSPS) is 14.5. The summed E-state index contributed by atoms with van der Waals surface area (Å²) in [7, 11) is 0. The molecule has 3 atom stereocenters. The summed E-state index contributed by atoms with van der Waals surface area (Å²) in [6.07, 6.45) is 0.745. The van der Waals surface area contributed by atoms with Crippen molar-refractivity contribution in [3.63, 3.8) is 0 Å². The molecular formula is C21H28N2O2. The van der Waals surface area contributed by atoms with Gasteiger partial charge < -0.3 is 15.7 Å². The molecule has 2 aromatic rings. The zero-order valence-electron chi connectivity index (χ0n) is 15.0. The fraction of sp³-hybridized carbons (Fsp3) is 0.381. The molecule has 0 saturated carbocycles. The Hall–Kier alpha value is -2.17. The van der Waals surface area contributed by atoms with E-state index in [0.717, 1.165) is 12.2 Å². The van der Waals surface area contributed by atoms with Crippen LogP contribution in [0.25, 0.3) is 0 Å². The Balaban J connectivity index is 1.83. The van der Waals surface area contributed by atoms with Gasteiger partial charge in [0.1, 0.15) is 0 Å². The highest BCUT2D eigenvalue weighted by molar-refractivity contribution is 5.90. The van der Waals surface area contributed by atoms with Gasteiger partial charge in [0.2, 0.25) is 5.91 Å². The van der Waals surface area contributed by atoms with Gasteiger partial charge in [-0.3, -0.25) is 4.79 Å². The number of hydrogen-bond acceptors (Lipinski definition) is 3. The first-order valence-corrected chi connectivity index (χ1v) is 8.86. The summed E-state index contributed by atoms with van der Waals surface area (Å²) in [4.78, 5) is 12.1. The zero-order chi connectivity index (χ0) is 18.1. The lowest BCUT2D eigenvalue weighted by molar-refractivity contribution is -0.116. The summed E-state index contributed by atoms with van der Waals surface area (Å²) < 4.78 is 0. The Morgan fingerprint density at radius 1 is 1.00 bits per heavy atom. The minimum absolute atomic E-state index is 0.00186. The molecule has 0 radical (unpaired) electrons. The van der Waals surface area contributed by atoms with Gasteiger partial charge in [-0.25, -0.2) is 0 Å². The molecule has 0 spiro atoms. The van der Waals surface area contributed by atoms with Crippen molar-refractivity contribution in [1.82, 2.24) is 5.32 Å². The minimum atomic E-state index is -0.358. The lowest BCUT2D eigenvalue weighted by Crippen LogP contribution is -2.34. The minimum Gasteiger partial charge on any atom is -0.393 e. The summed E-state index contributed by atoms with van der Waals surface area (Å²) in [5.41, 5.74) is 2.02. The van der Waals surface area contributed by atoms with Crippen LogP contribution in [0.15, 0.2) is 60.7 Å². The summed E-state index contributed by atoms with van der Waals surface area (Å²) in [6, 6.07) is 19.7. The molecule has 4 heteroatoms. The fourth-order valence-electron chi connectivity index (χ4n) is 2.90. The highest BCUT2D eigenvalue weighted by Crippen LogP contribution is 2.20. The number of benzene rings is 2. The molecule has 25 heavy (non-hydrogen) atoms. The van der Waals surface area contributed by atoms with Crippen LogP contribution in [0.1, 0.15) is 38.2 Å². The number of para-hydroxylation sites is 1. The van der Waals surface area contributed by atoms with Crippen LogP contribution in [0.2, 0.25) is 0 Å². The van der Waals surface area contributed by atoms with Gasteiger partial charge in [0.15, 0.2) is 0 Å². The average molecular weight is 340 g/mol. The number of anilines is 1. The molecule has 0 saturated heterocycles. The van der Waals surface area contributed by atoms with Gasteiger partial charge in [-0.15, -0.1) is 0 Å². The van der Waals surface area contributed by atoms with Crippen LogP contribution in [-0.4, -0.2) is 29.7 Å². The standard InChI is InChI=1S/C21H28N2O2/c1-16(13-21(25)23-20-11-7-4-8-12-20)22-15-19(14-17(2)24)18-9-5-3-6-10-18/h3-12,16-17,19,22,24H,13-15H2,1-2H3,(H,23,25). The molecule has 0 heterocycles. The van der Waals surface area contributed by atoms with Crippen molar-refractivity contribution >= 4 is 11.6 Å². The van der Waals surface area contributed by atoms with Crippen LogP contribution < -0.4 is 10.6 Å². The van der Waals surface area contributed by atoms with Crippen molar-refractivity contribution in [1.29, 1.82) is 0 Å². The quantitative estimate of drug-likeness (QED) is 0.654. The van der Waals surface area contributed by atoms with Crippen LogP contribution in [0, 0.1) is 0 Å². The predicted molar refractivity (Wildman–Crippen MR) is 103 cm³/mol. The predicted octanol–water partition coefficient (Wildman–Crippen LogP) is 3.55. The van der Waals surface area contributed by atoms with E-state index in [0.29, 0.717) is 12.8 Å². The number of aliphatic hydroxyl groups is 1. The number of aliphatic hydroxyl groups excluding tert-OH is 1. The molecule has 0 aliphatic carbocycles. The Labute approximate surface area is 150 Å². The lowest BCUT2D eigenvalue weighted by atomic mass is 9.93. The van der Waals surface area contributed by atoms with Crippen LogP contribution in [-0.2, 0) is 4.79 Å². The van der Waals surface area contributed by atoms with Gasteiger partial charge in [-0.2, -0.15) is 0 Å². The maximum absolute atomic E-state index is 12.1. The number of amides is 1. The highest BCUT2D eigenvalue weighted by Gasteiger charge is 2.16. The molecule has 2 rings (SSSR count). The average Bonchev–Trinajstić information content (AvgIpc) is 2.60. The van der Waals surface area contributed by atoms with Crippen molar-refractivity contribution in [2.24, 2.45) is 0 Å². The molecular weight excluding hydrogens is 312 g/mol. The summed E-state index contributed by atoms with van der Waals surface area (Å²) in [5.74, 6) is 0.221. The van der Waals surface area contributed by atoms with Gasteiger partial charge in [0.05, 0.1) is 6.10 Å². The molecule has 0 aromatic heterocycles. The highest BCUT2D eigenvalue weighted by atomic mass is 16.3. The monoisotopic (exact) mass is 340 g/mol.